The molecule has 1 aliphatic rings. The molecule has 0 saturated carbocycles. The topological polar surface area (TPSA) is 105 Å². The molecule has 18 heavy (non-hydrogen) atoms. The van der Waals surface area contributed by atoms with Crippen LogP contribution in [0.5, 0.6) is 0 Å². The van der Waals surface area contributed by atoms with Crippen LogP contribution >= 0.6 is 0 Å². The maximum absolute atomic E-state index is 10.8. The number of carboxylic acid groups (broad SMARTS) is 1. The summed E-state index contributed by atoms with van der Waals surface area (Å²) in [5.41, 5.74) is 8.33. The molecule has 7 nitrogen and oxygen atoms in total. The van der Waals surface area contributed by atoms with Crippen LogP contribution in [-0.4, -0.2) is 35.6 Å². The monoisotopic (exact) mass is 257 g/mol. The van der Waals surface area contributed by atoms with Gasteiger partial charge >= 0.3 is 5.97 Å². The third kappa shape index (κ3) is 3.87. The number of carboxylic acids is 1. The Morgan fingerprint density at radius 3 is 2.56 bits per heavy atom. The zero-order valence-electron chi connectivity index (χ0n) is 10.7. The lowest BCUT2D eigenvalue weighted by atomic mass is 10.0. The molecule has 0 radical (unpaired) electrons. The molecular formula is C11H19N3O4. The molecule has 0 aromatic rings. The molecule has 7 heteroatoms. The highest BCUT2D eigenvalue weighted by molar-refractivity contribution is 5.67. The highest BCUT2D eigenvalue weighted by Crippen LogP contribution is 2.34. The van der Waals surface area contributed by atoms with E-state index in [0.717, 1.165) is 0 Å². The molecular weight excluding hydrogens is 238 g/mol. The van der Waals surface area contributed by atoms with Crippen LogP contribution in [0.3, 0.4) is 0 Å². The first kappa shape index (κ1) is 14.8. The lowest BCUT2D eigenvalue weighted by molar-refractivity contribution is -0.318. The minimum Gasteiger partial charge on any atom is -0.481 e. The molecule has 1 saturated heterocycles. The van der Waals surface area contributed by atoms with E-state index in [1.807, 2.05) is 13.8 Å². The second-order valence-electron chi connectivity index (χ2n) is 4.34. The molecule has 0 bridgehead atoms. The van der Waals surface area contributed by atoms with Crippen LogP contribution in [0.2, 0.25) is 0 Å². The van der Waals surface area contributed by atoms with Crippen LogP contribution in [0.15, 0.2) is 5.11 Å². The van der Waals surface area contributed by atoms with Crippen molar-refractivity contribution in [1.82, 2.24) is 0 Å². The number of rotatable bonds is 6. The quantitative estimate of drug-likeness (QED) is 0.448. The number of nitrogens with zero attached hydrogens (tertiary/aromatic N) is 3. The number of ether oxygens (including phenoxy) is 2. The summed E-state index contributed by atoms with van der Waals surface area (Å²) >= 11 is 0. The summed E-state index contributed by atoms with van der Waals surface area (Å²) in [6.07, 6.45) is 0.970. The summed E-state index contributed by atoms with van der Waals surface area (Å²) in [6.45, 7) is 4.06. The van der Waals surface area contributed by atoms with Gasteiger partial charge in [-0.1, -0.05) is 19.0 Å². The van der Waals surface area contributed by atoms with Gasteiger partial charge < -0.3 is 14.6 Å². The van der Waals surface area contributed by atoms with E-state index < -0.39 is 17.9 Å². The fraction of sp³-hybridized carbons (Fsp3) is 0.909. The van der Waals surface area contributed by atoms with E-state index in [0.29, 0.717) is 19.3 Å². The molecule has 1 heterocycles. The fourth-order valence-corrected chi connectivity index (χ4v) is 2.17. The minimum absolute atomic E-state index is 0.0577. The van der Waals surface area contributed by atoms with Crippen LogP contribution < -0.4 is 0 Å². The maximum atomic E-state index is 10.8. The first-order valence-electron chi connectivity index (χ1n) is 6.13. The van der Waals surface area contributed by atoms with Gasteiger partial charge in [-0.2, -0.15) is 0 Å². The van der Waals surface area contributed by atoms with E-state index in [2.05, 4.69) is 10.0 Å². The molecule has 2 atom stereocenters. The molecule has 0 aliphatic carbocycles. The molecule has 1 rings (SSSR count). The van der Waals surface area contributed by atoms with Crippen LogP contribution in [0.25, 0.3) is 10.4 Å². The van der Waals surface area contributed by atoms with Gasteiger partial charge in [0.05, 0.1) is 25.2 Å². The third-order valence-corrected chi connectivity index (χ3v) is 3.12. The number of hydrogen-bond donors (Lipinski definition) is 1. The highest BCUT2D eigenvalue weighted by Gasteiger charge is 2.40. The van der Waals surface area contributed by atoms with Crippen molar-refractivity contribution in [3.63, 3.8) is 0 Å². The number of hydrogen-bond acceptors (Lipinski definition) is 4. The van der Waals surface area contributed by atoms with Gasteiger partial charge in [0, 0.05) is 11.3 Å². The van der Waals surface area contributed by atoms with Crippen LogP contribution in [-0.2, 0) is 14.3 Å². The van der Waals surface area contributed by atoms with Crippen molar-refractivity contribution < 1.29 is 19.4 Å². The Kier molecular flexibility index (Phi) is 5.40. The fourth-order valence-electron chi connectivity index (χ4n) is 2.17. The Morgan fingerprint density at radius 2 is 2.06 bits per heavy atom. The van der Waals surface area contributed by atoms with Crippen molar-refractivity contribution in [2.24, 2.45) is 5.11 Å². The Labute approximate surface area is 106 Å². The summed E-state index contributed by atoms with van der Waals surface area (Å²) < 4.78 is 11.6. The van der Waals surface area contributed by atoms with Gasteiger partial charge in [-0.25, -0.2) is 0 Å². The summed E-state index contributed by atoms with van der Waals surface area (Å²) in [6, 6.07) is 0. The van der Waals surface area contributed by atoms with Crippen molar-refractivity contribution in [3.05, 3.63) is 10.4 Å². The molecule has 2 unspecified atom stereocenters. The van der Waals surface area contributed by atoms with E-state index >= 15 is 0 Å². The second-order valence-corrected chi connectivity index (χ2v) is 4.34. The summed E-state index contributed by atoms with van der Waals surface area (Å²) in [4.78, 5) is 13.5. The summed E-state index contributed by atoms with van der Waals surface area (Å²) in [5.74, 6) is -1.65. The summed E-state index contributed by atoms with van der Waals surface area (Å²) in [5, 5.41) is 12.3. The van der Waals surface area contributed by atoms with E-state index in [4.69, 9.17) is 20.1 Å². The molecule has 1 fully saturated rings. The molecule has 0 amide bonds. The molecule has 0 spiro atoms. The lowest BCUT2D eigenvalue weighted by Gasteiger charge is -2.43. The molecule has 1 N–H and O–H groups in total. The number of azide groups is 1. The largest absolute Gasteiger partial charge is 0.481 e. The maximum Gasteiger partial charge on any atom is 0.305 e. The Balaban J connectivity index is 2.76. The van der Waals surface area contributed by atoms with Gasteiger partial charge in [0.25, 0.3) is 0 Å². The van der Waals surface area contributed by atoms with Gasteiger partial charge in [-0.3, -0.25) is 4.79 Å². The van der Waals surface area contributed by atoms with Crippen LogP contribution in [0.4, 0.5) is 0 Å². The molecule has 0 aromatic carbocycles. The van der Waals surface area contributed by atoms with Gasteiger partial charge in [0.1, 0.15) is 0 Å². The van der Waals surface area contributed by atoms with E-state index in [9.17, 15) is 4.79 Å². The molecule has 1 aliphatic heterocycles. The van der Waals surface area contributed by atoms with Crippen molar-refractivity contribution in [1.29, 1.82) is 0 Å². The smallest absolute Gasteiger partial charge is 0.305 e. The zero-order chi connectivity index (χ0) is 13.6. The van der Waals surface area contributed by atoms with Crippen molar-refractivity contribution in [2.45, 2.75) is 57.5 Å². The average Bonchev–Trinajstić information content (AvgIpc) is 2.35. The van der Waals surface area contributed by atoms with E-state index in [1.54, 1.807) is 0 Å². The molecule has 0 aromatic heterocycles. The second kappa shape index (κ2) is 6.58. The standard InChI is InChI=1S/C11H19N3O4/c1-3-11(4-2)17-8(6-10(15)16)5-9(18-11)7-13-14-12/h8-9H,3-7H2,1-2H3,(H,15,16). The van der Waals surface area contributed by atoms with Crippen molar-refractivity contribution >= 4 is 5.97 Å². The first-order valence-corrected chi connectivity index (χ1v) is 6.13. The third-order valence-electron chi connectivity index (χ3n) is 3.12. The lowest BCUT2D eigenvalue weighted by Crippen LogP contribution is -2.49. The summed E-state index contributed by atoms with van der Waals surface area (Å²) in [7, 11) is 0. The predicted octanol–water partition coefficient (Wildman–Crippen LogP) is 2.46. The number of carbonyl (C=O) groups is 1. The highest BCUT2D eigenvalue weighted by atomic mass is 16.7. The zero-order valence-corrected chi connectivity index (χ0v) is 10.7. The Bertz CT molecular complexity index is 323. The normalized spacial score (nSPS) is 26.3. The SMILES string of the molecule is CCC1(CC)OC(CN=[N+]=[N-])CC(CC(=O)O)O1. The van der Waals surface area contributed by atoms with Crippen molar-refractivity contribution in [2.75, 3.05) is 6.54 Å². The van der Waals surface area contributed by atoms with Gasteiger partial charge in [-0.05, 0) is 18.4 Å². The predicted molar refractivity (Wildman–Crippen MR) is 63.9 cm³/mol. The molecule has 102 valence electrons. The minimum atomic E-state index is -0.898. The average molecular weight is 257 g/mol. The van der Waals surface area contributed by atoms with Gasteiger partial charge in [0.2, 0.25) is 0 Å². The van der Waals surface area contributed by atoms with Gasteiger partial charge in [0.15, 0.2) is 5.79 Å². The van der Waals surface area contributed by atoms with Crippen LogP contribution in [0, 0.1) is 0 Å². The number of aliphatic carboxylic acids is 1. The Morgan fingerprint density at radius 1 is 1.44 bits per heavy atom. The van der Waals surface area contributed by atoms with Gasteiger partial charge in [-0.15, -0.1) is 0 Å². The Hall–Kier alpha value is -1.30. The van der Waals surface area contributed by atoms with Crippen molar-refractivity contribution in [3.8, 4) is 0 Å². The van der Waals surface area contributed by atoms with E-state index in [1.165, 1.54) is 0 Å². The first-order chi connectivity index (χ1) is 8.55. The van der Waals surface area contributed by atoms with E-state index in [-0.39, 0.29) is 19.1 Å². The van der Waals surface area contributed by atoms with Crippen LogP contribution in [0.1, 0.15) is 39.5 Å².